The van der Waals surface area contributed by atoms with E-state index in [-0.39, 0.29) is 0 Å². The van der Waals surface area contributed by atoms with E-state index in [0.29, 0.717) is 5.41 Å². The zero-order valence-corrected chi connectivity index (χ0v) is 10.7. The largest absolute Gasteiger partial charge is 0.302 e. The first-order valence-electron chi connectivity index (χ1n) is 6.63. The van der Waals surface area contributed by atoms with Crippen LogP contribution in [0.1, 0.15) is 32.8 Å². The number of rotatable bonds is 2. The summed E-state index contributed by atoms with van der Waals surface area (Å²) in [5.41, 5.74) is 2.12. The molecule has 1 heterocycles. The maximum absolute atomic E-state index is 2.58. The molecule has 0 radical (unpaired) electrons. The fourth-order valence-corrected chi connectivity index (χ4v) is 3.04. The van der Waals surface area contributed by atoms with Gasteiger partial charge in [0, 0.05) is 18.5 Å². The Balaban J connectivity index is 0.000000457. The van der Waals surface area contributed by atoms with E-state index in [2.05, 4.69) is 42.2 Å². The van der Waals surface area contributed by atoms with E-state index in [9.17, 15) is 0 Å². The lowest BCUT2D eigenvalue weighted by atomic mass is 9.95. The van der Waals surface area contributed by atoms with Crippen molar-refractivity contribution in [2.24, 2.45) is 5.92 Å². The van der Waals surface area contributed by atoms with Crippen molar-refractivity contribution in [2.45, 2.75) is 32.6 Å². The van der Waals surface area contributed by atoms with Crippen LogP contribution in [0.4, 0.5) is 0 Å². The number of benzene rings is 1. The van der Waals surface area contributed by atoms with Gasteiger partial charge in [0.25, 0.3) is 0 Å². The number of hydrogen-bond donors (Lipinski definition) is 0. The Labute approximate surface area is 99.5 Å². The highest BCUT2D eigenvalue weighted by atomic mass is 15.2. The number of likely N-dealkylation sites (N-methyl/N-ethyl adjacent to an activating group) is 1. The van der Waals surface area contributed by atoms with Gasteiger partial charge in [-0.1, -0.05) is 51.1 Å². The maximum atomic E-state index is 2.58. The highest BCUT2D eigenvalue weighted by molar-refractivity contribution is 5.36. The number of fused-ring (bicyclic) bond motifs is 1. The summed E-state index contributed by atoms with van der Waals surface area (Å²) in [6, 6.07) is 11.1. The van der Waals surface area contributed by atoms with E-state index in [0.717, 1.165) is 5.92 Å². The van der Waals surface area contributed by atoms with E-state index in [1.54, 1.807) is 5.56 Å². The fraction of sp³-hybridized carbons (Fsp3) is 0.600. The molecule has 0 N–H and O–H groups in total. The van der Waals surface area contributed by atoms with Crippen molar-refractivity contribution in [3.8, 4) is 0 Å². The van der Waals surface area contributed by atoms with Crippen molar-refractivity contribution in [1.82, 2.24) is 4.90 Å². The summed E-state index contributed by atoms with van der Waals surface area (Å²) in [6.45, 7) is 10.1. The SMILES string of the molecule is CC.CCN1C[C@@H]2CC2(c2ccccc2)C1. The zero-order chi connectivity index (χ0) is 11.6. The third-order valence-electron chi connectivity index (χ3n) is 4.01. The third kappa shape index (κ3) is 1.78. The molecule has 1 heteroatoms. The van der Waals surface area contributed by atoms with Gasteiger partial charge >= 0.3 is 0 Å². The van der Waals surface area contributed by atoms with E-state index < -0.39 is 0 Å². The van der Waals surface area contributed by atoms with Crippen LogP contribution in [0, 0.1) is 5.92 Å². The van der Waals surface area contributed by atoms with Crippen molar-refractivity contribution in [3.05, 3.63) is 35.9 Å². The van der Waals surface area contributed by atoms with E-state index in [1.165, 1.54) is 26.1 Å². The standard InChI is InChI=1S/C13H17N.C2H6/c1-2-14-9-12-8-13(12,10-14)11-6-4-3-5-7-11;1-2/h3-7,12H,2,8-10H2,1H3;1-2H3/t12-,13?;/m0./s1. The van der Waals surface area contributed by atoms with Gasteiger partial charge in [0.1, 0.15) is 0 Å². The highest BCUT2D eigenvalue weighted by Crippen LogP contribution is 2.58. The number of piperidine rings is 1. The summed E-state index contributed by atoms with van der Waals surface area (Å²) in [4.78, 5) is 2.58. The summed E-state index contributed by atoms with van der Waals surface area (Å²) in [6.07, 6.45) is 1.42. The summed E-state index contributed by atoms with van der Waals surface area (Å²) < 4.78 is 0. The predicted molar refractivity (Wildman–Crippen MR) is 69.7 cm³/mol. The Hall–Kier alpha value is -0.820. The lowest BCUT2D eigenvalue weighted by Crippen LogP contribution is -2.26. The number of hydrogen-bond acceptors (Lipinski definition) is 1. The Morgan fingerprint density at radius 1 is 1.25 bits per heavy atom. The molecule has 1 saturated carbocycles. The van der Waals surface area contributed by atoms with Gasteiger partial charge in [-0.15, -0.1) is 0 Å². The monoisotopic (exact) mass is 217 g/mol. The molecule has 16 heavy (non-hydrogen) atoms. The van der Waals surface area contributed by atoms with Crippen molar-refractivity contribution >= 4 is 0 Å². The molecule has 0 amide bonds. The Morgan fingerprint density at radius 3 is 2.50 bits per heavy atom. The van der Waals surface area contributed by atoms with Crippen LogP contribution < -0.4 is 0 Å². The van der Waals surface area contributed by atoms with Gasteiger partial charge < -0.3 is 4.90 Å². The minimum Gasteiger partial charge on any atom is -0.302 e. The average Bonchev–Trinajstić information content (AvgIpc) is 2.96. The predicted octanol–water partition coefficient (Wildman–Crippen LogP) is 3.31. The van der Waals surface area contributed by atoms with E-state index in [4.69, 9.17) is 0 Å². The molecule has 2 aliphatic rings. The van der Waals surface area contributed by atoms with Gasteiger partial charge in [0.15, 0.2) is 0 Å². The van der Waals surface area contributed by atoms with Crippen LogP contribution in [-0.2, 0) is 5.41 Å². The lowest BCUT2D eigenvalue weighted by molar-refractivity contribution is 0.314. The summed E-state index contributed by atoms with van der Waals surface area (Å²) in [7, 11) is 0. The molecule has 1 nitrogen and oxygen atoms in total. The number of likely N-dealkylation sites (tertiary alicyclic amines) is 1. The van der Waals surface area contributed by atoms with Crippen molar-refractivity contribution in [3.63, 3.8) is 0 Å². The normalized spacial score (nSPS) is 31.6. The summed E-state index contributed by atoms with van der Waals surface area (Å²) in [5.74, 6) is 0.949. The topological polar surface area (TPSA) is 3.24 Å². The van der Waals surface area contributed by atoms with Gasteiger partial charge in [-0.2, -0.15) is 0 Å². The van der Waals surface area contributed by atoms with Gasteiger partial charge in [-0.05, 0) is 24.4 Å². The molecule has 88 valence electrons. The van der Waals surface area contributed by atoms with E-state index in [1.807, 2.05) is 13.8 Å². The molecule has 3 rings (SSSR count). The van der Waals surface area contributed by atoms with Crippen LogP contribution in [-0.4, -0.2) is 24.5 Å². The molecule has 1 unspecified atom stereocenters. The Bertz CT molecular complexity index is 333. The van der Waals surface area contributed by atoms with Crippen LogP contribution in [0.25, 0.3) is 0 Å². The first-order chi connectivity index (χ1) is 7.85. The lowest BCUT2D eigenvalue weighted by Gasteiger charge is -2.18. The molecule has 1 aromatic carbocycles. The smallest absolute Gasteiger partial charge is 0.0124 e. The Morgan fingerprint density at radius 2 is 1.94 bits per heavy atom. The van der Waals surface area contributed by atoms with Crippen LogP contribution >= 0.6 is 0 Å². The molecule has 0 bridgehead atoms. The minimum absolute atomic E-state index is 0.553. The minimum atomic E-state index is 0.553. The fourth-order valence-electron chi connectivity index (χ4n) is 3.04. The second kappa shape index (κ2) is 4.58. The molecular weight excluding hydrogens is 194 g/mol. The highest BCUT2D eigenvalue weighted by Gasteiger charge is 2.60. The van der Waals surface area contributed by atoms with Crippen LogP contribution in [0.15, 0.2) is 30.3 Å². The van der Waals surface area contributed by atoms with Gasteiger partial charge in [0.05, 0.1) is 0 Å². The first kappa shape index (κ1) is 11.7. The second-order valence-electron chi connectivity index (χ2n) is 4.75. The van der Waals surface area contributed by atoms with Crippen LogP contribution in [0.5, 0.6) is 0 Å². The molecule has 1 aliphatic heterocycles. The maximum Gasteiger partial charge on any atom is 0.0124 e. The van der Waals surface area contributed by atoms with Crippen molar-refractivity contribution < 1.29 is 0 Å². The average molecular weight is 217 g/mol. The quantitative estimate of drug-likeness (QED) is 0.734. The molecule has 0 aromatic heterocycles. The molecule has 2 fully saturated rings. The molecule has 1 aromatic rings. The molecule has 0 spiro atoms. The molecule has 1 saturated heterocycles. The summed E-state index contributed by atoms with van der Waals surface area (Å²) >= 11 is 0. The zero-order valence-electron chi connectivity index (χ0n) is 10.7. The molecule has 1 aliphatic carbocycles. The van der Waals surface area contributed by atoms with Crippen molar-refractivity contribution in [1.29, 1.82) is 0 Å². The van der Waals surface area contributed by atoms with Gasteiger partial charge in [-0.25, -0.2) is 0 Å². The van der Waals surface area contributed by atoms with Gasteiger partial charge in [-0.3, -0.25) is 0 Å². The van der Waals surface area contributed by atoms with Crippen molar-refractivity contribution in [2.75, 3.05) is 19.6 Å². The van der Waals surface area contributed by atoms with Crippen LogP contribution in [0.3, 0.4) is 0 Å². The molecular formula is C15H23N. The van der Waals surface area contributed by atoms with Gasteiger partial charge in [0.2, 0.25) is 0 Å². The van der Waals surface area contributed by atoms with E-state index >= 15 is 0 Å². The second-order valence-corrected chi connectivity index (χ2v) is 4.75. The third-order valence-corrected chi connectivity index (χ3v) is 4.01. The van der Waals surface area contributed by atoms with Crippen LogP contribution in [0.2, 0.25) is 0 Å². The first-order valence-corrected chi connectivity index (χ1v) is 6.63. The molecule has 2 atom stereocenters. The number of nitrogens with zero attached hydrogens (tertiary/aromatic N) is 1. The summed E-state index contributed by atoms with van der Waals surface area (Å²) in [5, 5.41) is 0. The Kier molecular flexibility index (Phi) is 3.34.